The molecule has 3 heterocycles. The number of aromatic nitrogens is 3. The maximum Gasteiger partial charge on any atom is 0.273 e. The van der Waals surface area contributed by atoms with Gasteiger partial charge in [0.25, 0.3) is 5.91 Å². The van der Waals surface area contributed by atoms with Crippen molar-refractivity contribution in [3.8, 4) is 0 Å². The van der Waals surface area contributed by atoms with Gasteiger partial charge in [0, 0.05) is 32.7 Å². The number of nitrogens with one attached hydrogen (secondary N) is 1. The number of allylic oxidation sites excluding steroid dienone is 1. The fourth-order valence-electron chi connectivity index (χ4n) is 3.80. The minimum Gasteiger partial charge on any atom is -0.370 e. The van der Waals surface area contributed by atoms with Crippen LogP contribution in [-0.2, 0) is 11.3 Å². The van der Waals surface area contributed by atoms with Crippen LogP contribution in [0.15, 0.2) is 17.8 Å². The van der Waals surface area contributed by atoms with E-state index in [4.69, 9.17) is 10.5 Å². The second-order valence-electron chi connectivity index (χ2n) is 7.91. The average molecular weight is 377 g/mol. The molecule has 3 N–H and O–H groups in total. The van der Waals surface area contributed by atoms with Gasteiger partial charge >= 0.3 is 0 Å². The molecule has 1 atom stereocenters. The van der Waals surface area contributed by atoms with E-state index in [2.05, 4.69) is 40.5 Å². The van der Waals surface area contributed by atoms with Crippen LogP contribution in [0.5, 0.6) is 0 Å². The molecule has 1 spiro atoms. The molecular weight excluding hydrogens is 344 g/mol. The van der Waals surface area contributed by atoms with E-state index in [1.165, 1.54) is 5.57 Å². The smallest absolute Gasteiger partial charge is 0.273 e. The van der Waals surface area contributed by atoms with Gasteiger partial charge in [-0.15, -0.1) is 5.10 Å². The molecular formula is C19H32N6O2. The van der Waals surface area contributed by atoms with Crippen molar-refractivity contribution in [3.63, 3.8) is 0 Å². The molecule has 27 heavy (non-hydrogen) atoms. The molecule has 0 saturated carbocycles. The Balaban J connectivity index is 1.42. The maximum atomic E-state index is 12.2. The molecule has 1 unspecified atom stereocenters. The zero-order valence-corrected chi connectivity index (χ0v) is 16.5. The number of piperidine rings is 1. The first-order valence-corrected chi connectivity index (χ1v) is 9.92. The fourth-order valence-corrected chi connectivity index (χ4v) is 3.80. The van der Waals surface area contributed by atoms with Crippen LogP contribution in [0.3, 0.4) is 0 Å². The first kappa shape index (κ1) is 20.0. The Labute approximate surface area is 161 Å². The lowest BCUT2D eigenvalue weighted by atomic mass is 9.88. The van der Waals surface area contributed by atoms with Crippen molar-refractivity contribution in [2.75, 3.05) is 32.7 Å². The van der Waals surface area contributed by atoms with Crippen LogP contribution in [0.25, 0.3) is 0 Å². The van der Waals surface area contributed by atoms with Gasteiger partial charge in [-0.1, -0.05) is 16.9 Å². The molecule has 150 valence electrons. The van der Waals surface area contributed by atoms with Crippen LogP contribution in [0.1, 0.15) is 50.0 Å². The highest BCUT2D eigenvalue weighted by Crippen LogP contribution is 2.38. The number of likely N-dealkylation sites (tertiary alicyclic amines) is 1. The zero-order chi connectivity index (χ0) is 19.3. The van der Waals surface area contributed by atoms with Crippen LogP contribution < -0.4 is 11.1 Å². The minimum absolute atomic E-state index is 0.00112. The molecule has 8 heteroatoms. The molecule has 1 amide bonds. The van der Waals surface area contributed by atoms with Gasteiger partial charge in [-0.3, -0.25) is 14.4 Å². The van der Waals surface area contributed by atoms with Crippen molar-refractivity contribution in [2.45, 2.75) is 57.8 Å². The highest BCUT2D eigenvalue weighted by Gasteiger charge is 2.42. The topological polar surface area (TPSA) is 98.3 Å². The molecule has 2 aliphatic rings. The summed E-state index contributed by atoms with van der Waals surface area (Å²) in [4.78, 5) is 14.7. The van der Waals surface area contributed by atoms with E-state index in [0.717, 1.165) is 45.3 Å². The van der Waals surface area contributed by atoms with Crippen molar-refractivity contribution < 1.29 is 9.53 Å². The number of carbonyl (C=O) groups is 1. The SMILES string of the molecule is CC(C)=CCN1CCC2(CCC(CNC(=O)c3cn(CCN)nn3)O2)CC1. The van der Waals surface area contributed by atoms with Gasteiger partial charge in [-0.2, -0.15) is 0 Å². The van der Waals surface area contributed by atoms with Crippen LogP contribution in [0.4, 0.5) is 0 Å². The summed E-state index contributed by atoms with van der Waals surface area (Å²) >= 11 is 0. The Morgan fingerprint density at radius 2 is 2.19 bits per heavy atom. The third kappa shape index (κ3) is 5.37. The number of carbonyl (C=O) groups excluding carboxylic acids is 1. The number of nitrogens with two attached hydrogens (primary N) is 1. The summed E-state index contributed by atoms with van der Waals surface area (Å²) in [6.07, 6.45) is 8.21. The van der Waals surface area contributed by atoms with Crippen molar-refractivity contribution in [1.82, 2.24) is 25.2 Å². The molecule has 0 bridgehead atoms. The first-order chi connectivity index (χ1) is 13.0. The Morgan fingerprint density at radius 1 is 1.41 bits per heavy atom. The number of nitrogens with zero attached hydrogens (tertiary/aromatic N) is 4. The summed E-state index contributed by atoms with van der Waals surface area (Å²) in [6, 6.07) is 0. The van der Waals surface area contributed by atoms with Crippen molar-refractivity contribution in [3.05, 3.63) is 23.5 Å². The van der Waals surface area contributed by atoms with Crippen LogP contribution in [0.2, 0.25) is 0 Å². The number of ether oxygens (including phenoxy) is 1. The van der Waals surface area contributed by atoms with Crippen molar-refractivity contribution in [2.24, 2.45) is 5.73 Å². The summed E-state index contributed by atoms with van der Waals surface area (Å²) in [5.41, 5.74) is 7.17. The first-order valence-electron chi connectivity index (χ1n) is 9.92. The largest absolute Gasteiger partial charge is 0.370 e. The predicted octanol–water partition coefficient (Wildman–Crippen LogP) is 0.946. The average Bonchev–Trinajstić information content (AvgIpc) is 3.27. The molecule has 0 radical (unpaired) electrons. The Kier molecular flexibility index (Phi) is 6.62. The third-order valence-corrected chi connectivity index (χ3v) is 5.48. The molecule has 1 aromatic rings. The summed E-state index contributed by atoms with van der Waals surface area (Å²) < 4.78 is 7.96. The Morgan fingerprint density at radius 3 is 2.89 bits per heavy atom. The standard InChI is InChI=1S/C19H32N6O2/c1-15(2)4-9-24-10-6-19(7-11-24)5-3-16(27-19)13-21-18(26)17-14-25(12-8-20)23-22-17/h4,14,16H,3,5-13,20H2,1-2H3,(H,21,26). The Bertz CT molecular complexity index is 659. The minimum atomic E-state index is -0.209. The molecule has 3 rings (SSSR count). The number of amides is 1. The normalized spacial score (nSPS) is 22.1. The molecule has 0 aromatic carbocycles. The van der Waals surface area contributed by atoms with E-state index in [9.17, 15) is 4.79 Å². The van der Waals surface area contributed by atoms with Gasteiger partial charge in [0.2, 0.25) is 0 Å². The van der Waals surface area contributed by atoms with E-state index in [-0.39, 0.29) is 17.6 Å². The van der Waals surface area contributed by atoms with Gasteiger partial charge in [-0.05, 0) is 39.5 Å². The lowest BCUT2D eigenvalue weighted by Gasteiger charge is -2.39. The van der Waals surface area contributed by atoms with Crippen molar-refractivity contribution in [1.29, 1.82) is 0 Å². The predicted molar refractivity (Wildman–Crippen MR) is 103 cm³/mol. The zero-order valence-electron chi connectivity index (χ0n) is 16.5. The van der Waals surface area contributed by atoms with E-state index >= 15 is 0 Å². The summed E-state index contributed by atoms with van der Waals surface area (Å²) in [5.74, 6) is -0.209. The second-order valence-corrected chi connectivity index (χ2v) is 7.91. The van der Waals surface area contributed by atoms with Crippen LogP contribution in [0, 0.1) is 0 Å². The number of hydrogen-bond donors (Lipinski definition) is 2. The maximum absolute atomic E-state index is 12.2. The molecule has 1 aromatic heterocycles. The molecule has 2 saturated heterocycles. The Hall–Kier alpha value is -1.77. The van der Waals surface area contributed by atoms with Gasteiger partial charge in [0.15, 0.2) is 5.69 Å². The highest BCUT2D eigenvalue weighted by molar-refractivity contribution is 5.91. The third-order valence-electron chi connectivity index (χ3n) is 5.48. The number of hydrogen-bond acceptors (Lipinski definition) is 6. The molecule has 8 nitrogen and oxygen atoms in total. The molecule has 2 fully saturated rings. The van der Waals surface area contributed by atoms with Gasteiger partial charge in [0.1, 0.15) is 0 Å². The summed E-state index contributed by atoms with van der Waals surface area (Å²) in [5, 5.41) is 10.7. The molecule has 0 aliphatic carbocycles. The highest BCUT2D eigenvalue weighted by atomic mass is 16.5. The van der Waals surface area contributed by atoms with Gasteiger partial charge in [0.05, 0.1) is 24.4 Å². The van der Waals surface area contributed by atoms with Crippen LogP contribution in [-0.4, -0.2) is 70.2 Å². The second kappa shape index (κ2) is 8.95. The summed E-state index contributed by atoms with van der Waals surface area (Å²) in [7, 11) is 0. The van der Waals surface area contributed by atoms with E-state index in [1.807, 2.05) is 0 Å². The van der Waals surface area contributed by atoms with E-state index in [1.54, 1.807) is 10.9 Å². The van der Waals surface area contributed by atoms with E-state index < -0.39 is 0 Å². The van der Waals surface area contributed by atoms with Gasteiger partial charge in [-0.25, -0.2) is 0 Å². The lowest BCUT2D eigenvalue weighted by molar-refractivity contribution is -0.0741. The summed E-state index contributed by atoms with van der Waals surface area (Å²) in [6.45, 7) is 9.01. The monoisotopic (exact) mass is 376 g/mol. The van der Waals surface area contributed by atoms with Gasteiger partial charge < -0.3 is 15.8 Å². The quantitative estimate of drug-likeness (QED) is 0.688. The fraction of sp³-hybridized carbons (Fsp3) is 0.737. The lowest BCUT2D eigenvalue weighted by Crippen LogP contribution is -2.45. The van der Waals surface area contributed by atoms with Crippen molar-refractivity contribution >= 4 is 5.91 Å². The van der Waals surface area contributed by atoms with Crippen LogP contribution >= 0.6 is 0 Å². The molecule has 2 aliphatic heterocycles. The number of rotatable bonds is 7. The van der Waals surface area contributed by atoms with E-state index in [0.29, 0.717) is 25.3 Å².